The van der Waals surface area contributed by atoms with E-state index < -0.39 is 69.4 Å². The zero-order chi connectivity index (χ0) is 41.3. The molecule has 4 amide bonds. The molecule has 0 unspecified atom stereocenters. The number of anilines is 2. The minimum Gasteiger partial charge on any atom is -0.478 e. The Balaban J connectivity index is 0.000000251. The Morgan fingerprint density at radius 1 is 0.946 bits per heavy atom. The number of halogens is 6. The second-order valence-electron chi connectivity index (χ2n) is 11.0. The highest BCUT2D eigenvalue weighted by atomic mass is 35.5. The summed E-state index contributed by atoms with van der Waals surface area (Å²) in [6.07, 6.45) is 4.45. The molecule has 1 aliphatic heterocycles. The van der Waals surface area contributed by atoms with Gasteiger partial charge in [0.15, 0.2) is 0 Å². The highest BCUT2D eigenvalue weighted by Gasteiger charge is 2.39. The summed E-state index contributed by atoms with van der Waals surface area (Å²) in [5, 5.41) is 10.9. The zero-order valence-electron chi connectivity index (χ0n) is 28.4. The number of benzene rings is 2. The Morgan fingerprint density at radius 3 is 2.05 bits per heavy atom. The average molecular weight is 849 g/mol. The second kappa shape index (κ2) is 18.7. The van der Waals surface area contributed by atoms with Gasteiger partial charge in [-0.15, -0.1) is 0 Å². The van der Waals surface area contributed by atoms with Gasteiger partial charge in [-0.2, -0.15) is 27.5 Å². The van der Waals surface area contributed by atoms with Crippen LogP contribution in [0.2, 0.25) is 5.02 Å². The summed E-state index contributed by atoms with van der Waals surface area (Å²) in [6.45, 7) is -4.94. The van der Waals surface area contributed by atoms with Crippen molar-refractivity contribution < 1.29 is 69.3 Å². The number of nitrogens with one attached hydrogen (secondary N) is 2. The molecule has 0 radical (unpaired) electrons. The number of carbonyl (C=O) groups excluding carboxylic acids is 4. The number of ether oxygens (including phenoxy) is 3. The van der Waals surface area contributed by atoms with E-state index in [-0.39, 0.29) is 23.5 Å². The molecule has 2 heterocycles. The van der Waals surface area contributed by atoms with E-state index in [0.717, 1.165) is 25.0 Å². The van der Waals surface area contributed by atoms with Crippen molar-refractivity contribution in [3.05, 3.63) is 80.9 Å². The lowest BCUT2D eigenvalue weighted by atomic mass is 9.93. The van der Waals surface area contributed by atoms with Crippen LogP contribution in [0, 0.1) is 0 Å². The summed E-state index contributed by atoms with van der Waals surface area (Å²) in [6, 6.07) is 7.96. The van der Waals surface area contributed by atoms with Crippen LogP contribution in [0.25, 0.3) is 6.08 Å². The Labute approximate surface area is 324 Å². The number of nitrogens with zero attached hydrogens (tertiary/aromatic N) is 3. The van der Waals surface area contributed by atoms with Crippen LogP contribution in [0.1, 0.15) is 48.5 Å². The monoisotopic (exact) mass is 847 g/mol. The Bertz CT molecular complexity index is 2170. The highest BCUT2D eigenvalue weighted by Crippen LogP contribution is 2.37. The molecule has 0 spiro atoms. The molecular weight excluding hydrogens is 821 g/mol. The normalized spacial score (nSPS) is 14.2. The van der Waals surface area contributed by atoms with Crippen molar-refractivity contribution in [2.75, 3.05) is 16.8 Å². The van der Waals surface area contributed by atoms with Crippen LogP contribution < -0.4 is 24.4 Å². The number of urea groups is 1. The van der Waals surface area contributed by atoms with Gasteiger partial charge in [-0.1, -0.05) is 35.3 Å². The van der Waals surface area contributed by atoms with E-state index in [9.17, 15) is 50.0 Å². The number of aromatic nitrogens is 2. The average Bonchev–Trinajstić information content (AvgIpc) is 3.37. The topological polar surface area (TPSA) is 220 Å². The number of carboxylic acids is 1. The highest BCUT2D eigenvalue weighted by molar-refractivity contribution is 7.90. The first-order chi connectivity index (χ1) is 26.4. The molecule has 0 atom stereocenters. The van der Waals surface area contributed by atoms with Crippen molar-refractivity contribution in [3.63, 3.8) is 0 Å². The first-order valence-electron chi connectivity index (χ1n) is 15.8. The number of esters is 1. The number of aromatic carboxylic acids is 1. The molecule has 2 aliphatic rings. The van der Waals surface area contributed by atoms with Crippen molar-refractivity contribution in [2.45, 2.75) is 50.7 Å². The van der Waals surface area contributed by atoms with Gasteiger partial charge >= 0.3 is 31.2 Å². The number of rotatable bonds is 12. The van der Waals surface area contributed by atoms with Gasteiger partial charge in [0.05, 0.1) is 23.9 Å². The maximum Gasteiger partial charge on any atom is 0.388 e. The number of carbonyl (C=O) groups is 5. The van der Waals surface area contributed by atoms with Gasteiger partial charge in [0.25, 0.3) is 21.8 Å². The van der Waals surface area contributed by atoms with E-state index in [1.807, 2.05) is 0 Å². The van der Waals surface area contributed by atoms with E-state index >= 15 is 0 Å². The molecule has 0 fully saturated rings. The summed E-state index contributed by atoms with van der Waals surface area (Å²) in [5.41, 5.74) is 1.40. The Hall–Kier alpha value is -5.80. The molecule has 0 saturated carbocycles. The predicted octanol–water partition coefficient (Wildman–Crippen LogP) is 6.11. The number of carboxylic acid groups (broad SMARTS) is 1. The van der Waals surface area contributed by atoms with Crippen LogP contribution in [0.15, 0.2) is 69.6 Å². The summed E-state index contributed by atoms with van der Waals surface area (Å²) in [7, 11) is -4.71. The summed E-state index contributed by atoms with van der Waals surface area (Å²) < 4.78 is 87.9. The third-order valence-corrected chi connectivity index (χ3v) is 9.34. The van der Waals surface area contributed by atoms with E-state index in [2.05, 4.69) is 19.4 Å². The number of hydrogen-bond donors (Lipinski definition) is 3. The van der Waals surface area contributed by atoms with Crippen molar-refractivity contribution in [1.29, 1.82) is 0 Å². The molecule has 5 rings (SSSR count). The molecule has 56 heavy (non-hydrogen) atoms. The Kier molecular flexibility index (Phi) is 14.3. The number of hydrogen-bond acceptors (Lipinski definition) is 12. The lowest BCUT2D eigenvalue weighted by Gasteiger charge is -2.16. The molecule has 2 aromatic carbocycles. The van der Waals surface area contributed by atoms with Crippen LogP contribution in [0.4, 0.5) is 34.0 Å². The van der Waals surface area contributed by atoms with E-state index in [4.69, 9.17) is 33.0 Å². The molecule has 3 aromatic rings. The van der Waals surface area contributed by atoms with Crippen LogP contribution in [0.3, 0.4) is 0 Å². The van der Waals surface area contributed by atoms with Gasteiger partial charge in [0.2, 0.25) is 17.7 Å². The second-order valence-corrected chi connectivity index (χ2v) is 13.5. The maximum atomic E-state index is 12.7. The Morgan fingerprint density at radius 2 is 1.52 bits per heavy atom. The fourth-order valence-electron chi connectivity index (χ4n) is 5.10. The van der Waals surface area contributed by atoms with Crippen molar-refractivity contribution in [2.24, 2.45) is 0 Å². The first kappa shape index (κ1) is 42.9. The quantitative estimate of drug-likeness (QED) is 0.0811. The van der Waals surface area contributed by atoms with Crippen LogP contribution in [-0.4, -0.2) is 73.1 Å². The number of sulfonamides is 1. The third-order valence-electron chi connectivity index (χ3n) is 7.34. The fraction of sp³-hybridized carbons (Fsp3) is 0.242. The van der Waals surface area contributed by atoms with Crippen molar-refractivity contribution >= 4 is 80.7 Å². The van der Waals surface area contributed by atoms with E-state index in [1.165, 1.54) is 27.8 Å². The molecule has 298 valence electrons. The molecule has 23 heteroatoms. The number of alkyl halides is 4. The molecule has 16 nitrogen and oxygen atoms in total. The summed E-state index contributed by atoms with van der Waals surface area (Å²) >= 11 is 12.1. The van der Waals surface area contributed by atoms with Crippen molar-refractivity contribution in [1.82, 2.24) is 14.7 Å². The SMILES string of the molecule is CCOC(=O)/C(Cl)=C/c1cc(N2C(=O)C3=C(CCCC3)C2=O)ccc1Cl.O=C(Nc1nc(OC(F)F)cc(OC(F)F)n1)NS(=O)(=O)c1ccccc1C(=O)O. The summed E-state index contributed by atoms with van der Waals surface area (Å²) in [4.78, 5) is 67.0. The van der Waals surface area contributed by atoms with E-state index in [1.54, 1.807) is 30.4 Å². The van der Waals surface area contributed by atoms with Gasteiger partial charge in [-0.25, -0.2) is 32.4 Å². The number of amides is 4. The van der Waals surface area contributed by atoms with Gasteiger partial charge < -0.3 is 19.3 Å². The molecule has 3 N–H and O–H groups in total. The standard InChI is InChI=1S/C19H17Cl2NO4.C14H10F4N4O7S/c1-2-26-19(25)16(21)10-11-9-12(7-8-15(11)20)22-17(23)13-5-3-4-6-14(13)18(22)24;15-11(16)28-8-5-9(29-12(17)18)20-13(19-8)21-14(25)22-30(26,27)7-4-2-1-3-6(7)10(23)24/h7-10H,2-6H2,1H3;1-5,11-12H,(H,23,24)(H2,19,20,21,22,25)/b16-10-;. The third kappa shape index (κ3) is 10.9. The van der Waals surface area contributed by atoms with Gasteiger partial charge in [-0.3, -0.25) is 14.9 Å². The molecule has 1 aromatic heterocycles. The van der Waals surface area contributed by atoms with Crippen LogP contribution in [-0.2, 0) is 29.1 Å². The number of imide groups is 1. The summed E-state index contributed by atoms with van der Waals surface area (Å²) in [5.74, 6) is -5.68. The minimum atomic E-state index is -4.71. The molecular formula is C33H27Cl2F4N5O11S. The largest absolute Gasteiger partial charge is 0.478 e. The zero-order valence-corrected chi connectivity index (χ0v) is 30.8. The van der Waals surface area contributed by atoms with Gasteiger partial charge in [0.1, 0.15) is 9.93 Å². The lowest BCUT2D eigenvalue weighted by Crippen LogP contribution is -2.35. The van der Waals surface area contributed by atoms with Crippen molar-refractivity contribution in [3.8, 4) is 11.8 Å². The van der Waals surface area contributed by atoms with Crippen LogP contribution in [0.5, 0.6) is 11.8 Å². The maximum absolute atomic E-state index is 12.7. The predicted molar refractivity (Wildman–Crippen MR) is 188 cm³/mol. The van der Waals surface area contributed by atoms with Gasteiger partial charge in [-0.05, 0) is 74.6 Å². The molecule has 1 aliphatic carbocycles. The van der Waals surface area contributed by atoms with Crippen LogP contribution >= 0.6 is 23.2 Å². The van der Waals surface area contributed by atoms with E-state index in [0.29, 0.717) is 46.3 Å². The minimum absolute atomic E-state index is 0.137. The fourth-order valence-corrected chi connectivity index (χ4v) is 6.55. The smallest absolute Gasteiger partial charge is 0.388 e. The van der Waals surface area contributed by atoms with Gasteiger partial charge in [0, 0.05) is 16.2 Å². The molecule has 0 bridgehead atoms. The molecule has 0 saturated heterocycles. The first-order valence-corrected chi connectivity index (χ1v) is 18.0. The lowest BCUT2D eigenvalue weighted by molar-refractivity contribution is -0.137.